The minimum atomic E-state index is -3.52. The van der Waals surface area contributed by atoms with E-state index in [0.29, 0.717) is 25.2 Å². The average Bonchev–Trinajstić information content (AvgIpc) is 2.64. The molecule has 0 aliphatic carbocycles. The summed E-state index contributed by atoms with van der Waals surface area (Å²) in [6.07, 6.45) is 3.22. The molecule has 0 radical (unpaired) electrons. The molecule has 1 aliphatic rings. The molecule has 2 rings (SSSR count). The number of rotatable bonds is 7. The van der Waals surface area contributed by atoms with Gasteiger partial charge in [-0.3, -0.25) is 4.79 Å². The number of benzene rings is 1. The third kappa shape index (κ3) is 4.52. The van der Waals surface area contributed by atoms with Gasteiger partial charge in [0.1, 0.15) is 0 Å². The van der Waals surface area contributed by atoms with E-state index in [1.54, 1.807) is 29.4 Å². The van der Waals surface area contributed by atoms with E-state index in [2.05, 4.69) is 10.2 Å². The molecule has 1 N–H and O–H groups in total. The van der Waals surface area contributed by atoms with Crippen LogP contribution in [0, 0.1) is 0 Å². The third-order valence-corrected chi connectivity index (χ3v) is 6.51. The molecule has 0 spiro atoms. The number of carbonyl (C=O) groups excluding carboxylic acids is 1. The number of carbonyl (C=O) groups is 1. The molecule has 140 valence electrons. The van der Waals surface area contributed by atoms with Gasteiger partial charge in [0.15, 0.2) is 0 Å². The van der Waals surface area contributed by atoms with E-state index >= 15 is 0 Å². The van der Waals surface area contributed by atoms with E-state index in [0.717, 1.165) is 38.0 Å². The second-order valence-corrected chi connectivity index (χ2v) is 8.16. The number of hydrogen-bond acceptors (Lipinski definition) is 4. The van der Waals surface area contributed by atoms with Crippen molar-refractivity contribution in [3.8, 4) is 0 Å². The van der Waals surface area contributed by atoms with Crippen molar-refractivity contribution in [3.63, 3.8) is 0 Å². The fourth-order valence-corrected chi connectivity index (χ4v) is 4.65. The molecule has 1 saturated heterocycles. The van der Waals surface area contributed by atoms with Gasteiger partial charge < -0.3 is 10.2 Å². The summed E-state index contributed by atoms with van der Waals surface area (Å²) in [5.74, 6) is -0.124. The van der Waals surface area contributed by atoms with Crippen molar-refractivity contribution < 1.29 is 13.2 Å². The lowest BCUT2D eigenvalue weighted by Gasteiger charge is -2.28. The van der Waals surface area contributed by atoms with Crippen LogP contribution in [-0.4, -0.2) is 44.8 Å². The van der Waals surface area contributed by atoms with Crippen molar-refractivity contribution in [1.29, 1.82) is 0 Å². The number of anilines is 2. The van der Waals surface area contributed by atoms with Crippen LogP contribution in [0.2, 0.25) is 0 Å². The summed E-state index contributed by atoms with van der Waals surface area (Å²) < 4.78 is 27.4. The van der Waals surface area contributed by atoms with Gasteiger partial charge in [0.2, 0.25) is 15.9 Å². The Bertz CT molecular complexity index is 694. The van der Waals surface area contributed by atoms with Gasteiger partial charge in [-0.25, -0.2) is 8.42 Å². The lowest BCUT2D eigenvalue weighted by atomic mass is 10.2. The van der Waals surface area contributed by atoms with E-state index in [-0.39, 0.29) is 10.8 Å². The zero-order valence-corrected chi connectivity index (χ0v) is 16.2. The lowest BCUT2D eigenvalue weighted by molar-refractivity contribution is -0.115. The van der Waals surface area contributed by atoms with Crippen molar-refractivity contribution in [2.24, 2.45) is 0 Å². The van der Waals surface area contributed by atoms with Gasteiger partial charge in [-0.05, 0) is 44.9 Å². The van der Waals surface area contributed by atoms with Gasteiger partial charge in [0.25, 0.3) is 0 Å². The highest BCUT2D eigenvalue weighted by Crippen LogP contribution is 2.31. The molecule has 1 aromatic carbocycles. The first-order valence-corrected chi connectivity index (χ1v) is 10.6. The van der Waals surface area contributed by atoms with Crippen LogP contribution in [0.25, 0.3) is 0 Å². The number of nitrogens with one attached hydrogen (secondary N) is 1. The predicted molar refractivity (Wildman–Crippen MR) is 102 cm³/mol. The Labute approximate surface area is 151 Å². The highest BCUT2D eigenvalue weighted by atomic mass is 32.2. The number of nitrogens with zero attached hydrogens (tertiary/aromatic N) is 2. The molecule has 0 bridgehead atoms. The van der Waals surface area contributed by atoms with Crippen LogP contribution in [0.15, 0.2) is 23.1 Å². The van der Waals surface area contributed by atoms with Crippen molar-refractivity contribution in [2.45, 2.75) is 51.3 Å². The maximum atomic E-state index is 12.9. The maximum Gasteiger partial charge on any atom is 0.243 e. The quantitative estimate of drug-likeness (QED) is 0.804. The first kappa shape index (κ1) is 19.7. The normalized spacial score (nSPS) is 15.8. The molecule has 0 atom stereocenters. The van der Waals surface area contributed by atoms with Crippen molar-refractivity contribution in [1.82, 2.24) is 4.31 Å². The summed E-state index contributed by atoms with van der Waals surface area (Å²) >= 11 is 0. The van der Waals surface area contributed by atoms with E-state index in [1.807, 2.05) is 13.8 Å². The molecule has 0 aromatic heterocycles. The Morgan fingerprint density at radius 2 is 1.76 bits per heavy atom. The standard InChI is InChI=1S/C18H29N3O3S/c1-4-18(22)19-16-14-15(10-11-17(16)20(5-2)6-3)25(23,24)21-12-8-7-9-13-21/h10-11,14H,4-9,12-13H2,1-3H3,(H,19,22). The number of hydrogen-bond donors (Lipinski definition) is 1. The van der Waals surface area contributed by atoms with Crippen LogP contribution in [0.5, 0.6) is 0 Å². The second-order valence-electron chi connectivity index (χ2n) is 6.22. The minimum absolute atomic E-state index is 0.124. The third-order valence-electron chi connectivity index (χ3n) is 4.62. The van der Waals surface area contributed by atoms with Crippen LogP contribution >= 0.6 is 0 Å². The molecule has 7 heteroatoms. The fourth-order valence-electron chi connectivity index (χ4n) is 3.11. The summed E-state index contributed by atoms with van der Waals surface area (Å²) in [5, 5.41) is 2.86. The van der Waals surface area contributed by atoms with Gasteiger partial charge in [-0.1, -0.05) is 13.3 Å². The number of piperidine rings is 1. The smallest absolute Gasteiger partial charge is 0.243 e. The highest BCUT2D eigenvalue weighted by molar-refractivity contribution is 7.89. The summed E-state index contributed by atoms with van der Waals surface area (Å²) in [6, 6.07) is 5.06. The number of sulfonamides is 1. The molecule has 0 unspecified atom stereocenters. The van der Waals surface area contributed by atoms with Crippen molar-refractivity contribution >= 4 is 27.3 Å². The Hall–Kier alpha value is -1.60. The molecule has 1 fully saturated rings. The Morgan fingerprint density at radius 3 is 2.32 bits per heavy atom. The Kier molecular flexibility index (Phi) is 6.84. The zero-order valence-electron chi connectivity index (χ0n) is 15.4. The predicted octanol–water partition coefficient (Wildman–Crippen LogP) is 3.06. The SMILES string of the molecule is CCC(=O)Nc1cc(S(=O)(=O)N2CCCCC2)ccc1N(CC)CC. The molecular weight excluding hydrogens is 338 g/mol. The van der Waals surface area contributed by atoms with Crippen LogP contribution < -0.4 is 10.2 Å². The largest absolute Gasteiger partial charge is 0.370 e. The van der Waals surface area contributed by atoms with Crippen LogP contribution in [-0.2, 0) is 14.8 Å². The topological polar surface area (TPSA) is 69.7 Å². The summed E-state index contributed by atoms with van der Waals surface area (Å²) in [7, 11) is -3.52. The zero-order chi connectivity index (χ0) is 18.4. The van der Waals surface area contributed by atoms with Gasteiger partial charge in [0.05, 0.1) is 16.3 Å². The van der Waals surface area contributed by atoms with Gasteiger partial charge in [0, 0.05) is 32.6 Å². The molecule has 1 amide bonds. The molecule has 1 aromatic rings. The fraction of sp³-hybridized carbons (Fsp3) is 0.611. The number of amides is 1. The molecule has 1 aliphatic heterocycles. The van der Waals surface area contributed by atoms with Gasteiger partial charge >= 0.3 is 0 Å². The monoisotopic (exact) mass is 367 g/mol. The first-order valence-electron chi connectivity index (χ1n) is 9.13. The van der Waals surface area contributed by atoms with Crippen molar-refractivity contribution in [2.75, 3.05) is 36.4 Å². The molecule has 1 heterocycles. The van der Waals surface area contributed by atoms with Gasteiger partial charge in [-0.15, -0.1) is 0 Å². The molecule has 25 heavy (non-hydrogen) atoms. The van der Waals surface area contributed by atoms with E-state index in [9.17, 15) is 13.2 Å². The molecule has 0 saturated carbocycles. The molecule has 6 nitrogen and oxygen atoms in total. The van der Waals surface area contributed by atoms with E-state index in [1.165, 1.54) is 0 Å². The van der Waals surface area contributed by atoms with Crippen LogP contribution in [0.1, 0.15) is 46.5 Å². The van der Waals surface area contributed by atoms with Crippen LogP contribution in [0.3, 0.4) is 0 Å². The minimum Gasteiger partial charge on any atom is -0.370 e. The van der Waals surface area contributed by atoms with Gasteiger partial charge in [-0.2, -0.15) is 4.31 Å². The average molecular weight is 368 g/mol. The van der Waals surface area contributed by atoms with Crippen LogP contribution in [0.4, 0.5) is 11.4 Å². The second kappa shape index (κ2) is 8.67. The van der Waals surface area contributed by atoms with Crippen molar-refractivity contribution in [3.05, 3.63) is 18.2 Å². The van der Waals surface area contributed by atoms with E-state index < -0.39 is 10.0 Å². The summed E-state index contributed by atoms with van der Waals surface area (Å²) in [5.41, 5.74) is 1.41. The Balaban J connectivity index is 2.42. The summed E-state index contributed by atoms with van der Waals surface area (Å²) in [6.45, 7) is 8.54. The van der Waals surface area contributed by atoms with E-state index in [4.69, 9.17) is 0 Å². The maximum absolute atomic E-state index is 12.9. The first-order chi connectivity index (χ1) is 11.9. The molecular formula is C18H29N3O3S. The Morgan fingerprint density at radius 1 is 1.12 bits per heavy atom. The highest BCUT2D eigenvalue weighted by Gasteiger charge is 2.27. The summed E-state index contributed by atoms with van der Waals surface area (Å²) in [4.78, 5) is 14.3. The lowest BCUT2D eigenvalue weighted by Crippen LogP contribution is -2.35.